The lowest BCUT2D eigenvalue weighted by atomic mass is 10.2. The Balaban J connectivity index is 2.26. The highest BCUT2D eigenvalue weighted by molar-refractivity contribution is 4.78. The van der Waals surface area contributed by atoms with Crippen LogP contribution in [0.1, 0.15) is 33.1 Å². The minimum absolute atomic E-state index is 0.0595. The van der Waals surface area contributed by atoms with E-state index in [2.05, 4.69) is 12.2 Å². The van der Waals surface area contributed by atoms with Crippen LogP contribution in [0.4, 0.5) is 13.2 Å². The van der Waals surface area contributed by atoms with Gasteiger partial charge < -0.3 is 10.1 Å². The van der Waals surface area contributed by atoms with E-state index in [0.717, 1.165) is 32.4 Å². The van der Waals surface area contributed by atoms with Crippen LogP contribution < -0.4 is 5.32 Å². The van der Waals surface area contributed by atoms with E-state index in [-0.39, 0.29) is 12.2 Å². The van der Waals surface area contributed by atoms with Gasteiger partial charge in [0.2, 0.25) is 0 Å². The molecule has 1 rings (SSSR count). The predicted octanol–water partition coefficient (Wildman–Crippen LogP) is 2.42. The Morgan fingerprint density at radius 1 is 1.21 bits per heavy atom. The number of halogens is 3. The van der Waals surface area contributed by atoms with Crippen molar-refractivity contribution in [2.75, 3.05) is 32.7 Å². The molecule has 114 valence electrons. The molecule has 0 radical (unpaired) electrons. The van der Waals surface area contributed by atoms with E-state index in [1.54, 1.807) is 6.92 Å². The van der Waals surface area contributed by atoms with Gasteiger partial charge >= 0.3 is 6.18 Å². The van der Waals surface area contributed by atoms with Crippen LogP contribution in [0, 0.1) is 0 Å². The van der Waals surface area contributed by atoms with Crippen molar-refractivity contribution >= 4 is 0 Å². The van der Waals surface area contributed by atoms with Gasteiger partial charge in [-0.15, -0.1) is 0 Å². The first-order chi connectivity index (χ1) is 8.94. The molecule has 0 spiro atoms. The highest BCUT2D eigenvalue weighted by atomic mass is 19.4. The summed E-state index contributed by atoms with van der Waals surface area (Å²) >= 11 is 0. The lowest BCUT2D eigenvalue weighted by molar-refractivity contribution is -0.148. The Kier molecular flexibility index (Phi) is 7.10. The molecule has 1 aliphatic heterocycles. The third kappa shape index (κ3) is 7.13. The van der Waals surface area contributed by atoms with Crippen LogP contribution in [0.15, 0.2) is 0 Å². The van der Waals surface area contributed by atoms with Crippen LogP contribution in [0.2, 0.25) is 0 Å². The SMILES string of the molecule is CCCNCC1CCC(CN(CC)CC(F)(F)F)O1. The maximum absolute atomic E-state index is 12.4. The summed E-state index contributed by atoms with van der Waals surface area (Å²) in [6.07, 6.45) is -1.17. The average molecular weight is 282 g/mol. The summed E-state index contributed by atoms with van der Waals surface area (Å²) in [5.41, 5.74) is 0. The topological polar surface area (TPSA) is 24.5 Å². The molecule has 6 heteroatoms. The first-order valence-corrected chi connectivity index (χ1v) is 7.09. The van der Waals surface area contributed by atoms with Gasteiger partial charge in [-0.05, 0) is 32.4 Å². The van der Waals surface area contributed by atoms with Crippen LogP contribution in [-0.2, 0) is 4.74 Å². The van der Waals surface area contributed by atoms with Gasteiger partial charge in [0.25, 0.3) is 0 Å². The van der Waals surface area contributed by atoms with Crippen LogP contribution >= 0.6 is 0 Å². The van der Waals surface area contributed by atoms with Crippen molar-refractivity contribution in [1.29, 1.82) is 0 Å². The molecule has 0 aromatic heterocycles. The standard InChI is InChI=1S/C13H25F3N2O/c1-3-7-17-8-11-5-6-12(19-11)9-18(4-2)10-13(14,15)16/h11-12,17H,3-10H2,1-2H3. The van der Waals surface area contributed by atoms with Gasteiger partial charge in [-0.25, -0.2) is 0 Å². The molecule has 0 amide bonds. The number of nitrogens with zero attached hydrogens (tertiary/aromatic N) is 1. The van der Waals surface area contributed by atoms with Crippen LogP contribution in [0.25, 0.3) is 0 Å². The van der Waals surface area contributed by atoms with Gasteiger partial charge in [-0.1, -0.05) is 13.8 Å². The second-order valence-electron chi connectivity index (χ2n) is 5.10. The zero-order valence-electron chi connectivity index (χ0n) is 11.8. The predicted molar refractivity (Wildman–Crippen MR) is 69.2 cm³/mol. The largest absolute Gasteiger partial charge is 0.401 e. The Labute approximate surface area is 113 Å². The van der Waals surface area contributed by atoms with Gasteiger partial charge in [0.05, 0.1) is 18.8 Å². The van der Waals surface area contributed by atoms with E-state index in [1.807, 2.05) is 0 Å². The number of hydrogen-bond donors (Lipinski definition) is 1. The van der Waals surface area contributed by atoms with Gasteiger partial charge in [0.1, 0.15) is 0 Å². The van der Waals surface area contributed by atoms with Crippen molar-refractivity contribution in [3.05, 3.63) is 0 Å². The number of hydrogen-bond acceptors (Lipinski definition) is 3. The Morgan fingerprint density at radius 2 is 1.89 bits per heavy atom. The number of nitrogens with one attached hydrogen (secondary N) is 1. The normalized spacial score (nSPS) is 24.3. The molecule has 0 bridgehead atoms. The summed E-state index contributed by atoms with van der Waals surface area (Å²) in [4.78, 5) is 1.41. The fourth-order valence-corrected chi connectivity index (χ4v) is 2.35. The van der Waals surface area contributed by atoms with E-state index in [1.165, 1.54) is 4.90 Å². The van der Waals surface area contributed by atoms with Crippen molar-refractivity contribution < 1.29 is 17.9 Å². The molecule has 2 unspecified atom stereocenters. The molecule has 0 saturated carbocycles. The van der Waals surface area contributed by atoms with E-state index in [9.17, 15) is 13.2 Å². The second-order valence-corrected chi connectivity index (χ2v) is 5.10. The molecule has 3 nitrogen and oxygen atoms in total. The van der Waals surface area contributed by atoms with E-state index >= 15 is 0 Å². The van der Waals surface area contributed by atoms with Crippen molar-refractivity contribution in [3.8, 4) is 0 Å². The number of alkyl halides is 3. The molecule has 1 heterocycles. The fourth-order valence-electron chi connectivity index (χ4n) is 2.35. The number of likely N-dealkylation sites (N-methyl/N-ethyl adjacent to an activating group) is 1. The first kappa shape index (κ1) is 16.7. The van der Waals surface area contributed by atoms with Gasteiger partial charge in [-0.2, -0.15) is 13.2 Å². The summed E-state index contributed by atoms with van der Waals surface area (Å²) in [5, 5.41) is 3.28. The molecule has 1 aliphatic rings. The van der Waals surface area contributed by atoms with Gasteiger partial charge in [0, 0.05) is 13.1 Å². The van der Waals surface area contributed by atoms with E-state index in [0.29, 0.717) is 13.1 Å². The molecule has 0 aromatic rings. The van der Waals surface area contributed by atoms with Crippen molar-refractivity contribution in [2.45, 2.75) is 51.5 Å². The first-order valence-electron chi connectivity index (χ1n) is 7.09. The summed E-state index contributed by atoms with van der Waals surface area (Å²) in [6, 6.07) is 0. The lowest BCUT2D eigenvalue weighted by Crippen LogP contribution is -2.39. The molecule has 0 aliphatic carbocycles. The summed E-state index contributed by atoms with van der Waals surface area (Å²) < 4.78 is 42.9. The molecule has 1 saturated heterocycles. The maximum Gasteiger partial charge on any atom is 0.401 e. The third-order valence-electron chi connectivity index (χ3n) is 3.31. The molecular weight excluding hydrogens is 257 g/mol. The van der Waals surface area contributed by atoms with Gasteiger partial charge in [-0.3, -0.25) is 4.90 Å². The third-order valence-corrected chi connectivity index (χ3v) is 3.31. The number of rotatable bonds is 8. The Bertz CT molecular complexity index is 249. The highest BCUT2D eigenvalue weighted by Crippen LogP contribution is 2.22. The molecule has 19 heavy (non-hydrogen) atoms. The van der Waals surface area contributed by atoms with Crippen LogP contribution in [0.3, 0.4) is 0 Å². The Hall–Kier alpha value is -0.330. The summed E-state index contributed by atoms with van der Waals surface area (Å²) in [7, 11) is 0. The quantitative estimate of drug-likeness (QED) is 0.692. The molecule has 1 fully saturated rings. The smallest absolute Gasteiger partial charge is 0.372 e. The second kappa shape index (κ2) is 8.07. The maximum atomic E-state index is 12.4. The lowest BCUT2D eigenvalue weighted by Gasteiger charge is -2.25. The number of ether oxygens (including phenoxy) is 1. The molecule has 1 N–H and O–H groups in total. The van der Waals surface area contributed by atoms with E-state index < -0.39 is 12.7 Å². The minimum Gasteiger partial charge on any atom is -0.372 e. The van der Waals surface area contributed by atoms with Crippen LogP contribution in [-0.4, -0.2) is 56.0 Å². The van der Waals surface area contributed by atoms with E-state index in [4.69, 9.17) is 4.74 Å². The highest BCUT2D eigenvalue weighted by Gasteiger charge is 2.33. The minimum atomic E-state index is -4.13. The fraction of sp³-hybridized carbons (Fsp3) is 1.00. The molecule has 0 aromatic carbocycles. The van der Waals surface area contributed by atoms with Crippen LogP contribution in [0.5, 0.6) is 0 Å². The summed E-state index contributed by atoms with van der Waals surface area (Å²) in [5.74, 6) is 0. The zero-order chi connectivity index (χ0) is 14.3. The molecule has 2 atom stereocenters. The average Bonchev–Trinajstić information content (AvgIpc) is 2.74. The summed E-state index contributed by atoms with van der Waals surface area (Å²) in [6.45, 7) is 5.54. The van der Waals surface area contributed by atoms with Gasteiger partial charge in [0.15, 0.2) is 0 Å². The molecular formula is C13H25F3N2O. The van der Waals surface area contributed by atoms with Crippen molar-refractivity contribution in [1.82, 2.24) is 10.2 Å². The van der Waals surface area contributed by atoms with Crippen molar-refractivity contribution in [3.63, 3.8) is 0 Å². The Morgan fingerprint density at radius 3 is 2.47 bits per heavy atom. The monoisotopic (exact) mass is 282 g/mol. The van der Waals surface area contributed by atoms with Crippen molar-refractivity contribution in [2.24, 2.45) is 0 Å². The zero-order valence-corrected chi connectivity index (χ0v) is 11.8.